The van der Waals surface area contributed by atoms with Crippen LogP contribution in [-0.2, 0) is 14.3 Å². The summed E-state index contributed by atoms with van der Waals surface area (Å²) in [7, 11) is 0. The Hall–Kier alpha value is -2.34. The quantitative estimate of drug-likeness (QED) is 0.394. The molecule has 25 heavy (non-hydrogen) atoms. The van der Waals surface area contributed by atoms with Crippen LogP contribution in [0, 0.1) is 5.41 Å². The third-order valence-electron chi connectivity index (χ3n) is 3.99. The van der Waals surface area contributed by atoms with E-state index in [9.17, 15) is 9.59 Å². The number of hydrogen-bond acceptors (Lipinski definition) is 6. The summed E-state index contributed by atoms with van der Waals surface area (Å²) in [5.41, 5.74) is -0.449. The molecule has 1 heterocycles. The van der Waals surface area contributed by atoms with Crippen LogP contribution < -0.4 is 10.4 Å². The molecule has 0 amide bonds. The highest BCUT2D eigenvalue weighted by Crippen LogP contribution is 2.23. The first kappa shape index (κ1) is 19.0. The molecule has 0 atom stereocenters. The fourth-order valence-electron chi connectivity index (χ4n) is 2.05. The molecular weight excluding hydrogens is 324 g/mol. The van der Waals surface area contributed by atoms with Crippen molar-refractivity contribution in [3.63, 3.8) is 0 Å². The molecule has 1 aromatic carbocycles. The molecule has 6 heteroatoms. The highest BCUT2D eigenvalue weighted by molar-refractivity contribution is 5.82. The van der Waals surface area contributed by atoms with E-state index in [-0.39, 0.29) is 19.2 Å². The first-order valence-electron chi connectivity index (χ1n) is 8.34. The minimum absolute atomic E-state index is 0.208. The van der Waals surface area contributed by atoms with Gasteiger partial charge in [0.05, 0.1) is 30.1 Å². The van der Waals surface area contributed by atoms with Gasteiger partial charge in [0.2, 0.25) is 0 Å². The van der Waals surface area contributed by atoms with E-state index in [0.29, 0.717) is 24.5 Å². The molecule has 0 bridgehead atoms. The Morgan fingerprint density at radius 3 is 2.60 bits per heavy atom. The van der Waals surface area contributed by atoms with Crippen LogP contribution in [0.3, 0.4) is 0 Å². The molecule has 0 aliphatic rings. The van der Waals surface area contributed by atoms with Crippen LogP contribution in [0.5, 0.6) is 5.75 Å². The normalized spacial score (nSPS) is 11.5. The Morgan fingerprint density at radius 1 is 1.12 bits per heavy atom. The number of carbonyl (C=O) groups excluding carboxylic acids is 1. The van der Waals surface area contributed by atoms with E-state index in [2.05, 4.69) is 0 Å². The van der Waals surface area contributed by atoms with E-state index in [1.54, 1.807) is 12.1 Å². The van der Waals surface area contributed by atoms with Gasteiger partial charge in [-0.25, -0.2) is 4.79 Å². The number of fused-ring (bicyclic) bond motifs is 1. The van der Waals surface area contributed by atoms with Crippen molar-refractivity contribution in [1.29, 1.82) is 0 Å². The van der Waals surface area contributed by atoms with Gasteiger partial charge in [0.15, 0.2) is 0 Å². The molecule has 0 aliphatic heterocycles. The third-order valence-corrected chi connectivity index (χ3v) is 3.99. The molecule has 0 spiro atoms. The minimum Gasteiger partial charge on any atom is -0.490 e. The van der Waals surface area contributed by atoms with Crippen molar-refractivity contribution in [1.82, 2.24) is 0 Å². The molecule has 0 aliphatic carbocycles. The number of hydrogen-bond donors (Lipinski definition) is 0. The highest BCUT2D eigenvalue weighted by atomic mass is 16.6. The van der Waals surface area contributed by atoms with Crippen LogP contribution in [0.2, 0.25) is 0 Å². The molecule has 136 valence electrons. The summed E-state index contributed by atoms with van der Waals surface area (Å²) in [6.07, 6.45) is 0.722. The largest absolute Gasteiger partial charge is 0.490 e. The van der Waals surface area contributed by atoms with Crippen molar-refractivity contribution in [3.8, 4) is 5.75 Å². The van der Waals surface area contributed by atoms with E-state index in [1.807, 2.05) is 32.9 Å². The van der Waals surface area contributed by atoms with Gasteiger partial charge < -0.3 is 18.6 Å². The first-order valence-corrected chi connectivity index (χ1v) is 8.34. The van der Waals surface area contributed by atoms with Crippen LogP contribution in [0.25, 0.3) is 11.0 Å². The Morgan fingerprint density at radius 2 is 1.84 bits per heavy atom. The highest BCUT2D eigenvalue weighted by Gasteiger charge is 2.26. The van der Waals surface area contributed by atoms with E-state index in [1.165, 1.54) is 6.07 Å². The Labute approximate surface area is 146 Å². The molecule has 0 unspecified atom stereocenters. The van der Waals surface area contributed by atoms with Gasteiger partial charge >= 0.3 is 11.6 Å². The van der Waals surface area contributed by atoms with Gasteiger partial charge in [-0.2, -0.15) is 0 Å². The maximum atomic E-state index is 11.8. The lowest BCUT2D eigenvalue weighted by molar-refractivity contribution is -0.155. The van der Waals surface area contributed by atoms with Crippen molar-refractivity contribution in [2.24, 2.45) is 5.41 Å². The van der Waals surface area contributed by atoms with Crippen molar-refractivity contribution < 1.29 is 23.4 Å². The Balaban J connectivity index is 1.72. The van der Waals surface area contributed by atoms with Crippen molar-refractivity contribution in [2.75, 3.05) is 26.4 Å². The molecule has 2 aromatic rings. The summed E-state index contributed by atoms with van der Waals surface area (Å²) >= 11 is 0. The lowest BCUT2D eigenvalue weighted by Crippen LogP contribution is -2.27. The molecule has 0 saturated heterocycles. The maximum Gasteiger partial charge on any atom is 0.339 e. The number of rotatable bonds is 9. The van der Waals surface area contributed by atoms with Crippen molar-refractivity contribution >= 4 is 16.9 Å². The third kappa shape index (κ3) is 5.32. The first-order chi connectivity index (χ1) is 11.9. The van der Waals surface area contributed by atoms with Gasteiger partial charge in [-0.1, -0.05) is 19.1 Å². The van der Waals surface area contributed by atoms with Crippen molar-refractivity contribution in [3.05, 3.63) is 40.8 Å². The predicted molar refractivity (Wildman–Crippen MR) is 93.8 cm³/mol. The SMILES string of the molecule is CCC(C)(C)C(=O)OCCOCCOc1cc(=O)oc2ccccc12. The zero-order valence-electron chi connectivity index (χ0n) is 14.9. The minimum atomic E-state index is -0.474. The van der Waals surface area contributed by atoms with E-state index in [4.69, 9.17) is 18.6 Å². The van der Waals surface area contributed by atoms with Crippen molar-refractivity contribution in [2.45, 2.75) is 27.2 Å². The Kier molecular flexibility index (Phi) is 6.58. The van der Waals surface area contributed by atoms with Crippen LogP contribution >= 0.6 is 0 Å². The summed E-state index contributed by atoms with van der Waals surface area (Å²) in [5.74, 6) is 0.240. The molecule has 2 rings (SSSR count). The van der Waals surface area contributed by atoms with Gasteiger partial charge in [0, 0.05) is 0 Å². The molecule has 0 fully saturated rings. The topological polar surface area (TPSA) is 75.0 Å². The summed E-state index contributed by atoms with van der Waals surface area (Å²) < 4.78 is 21.3. The van der Waals surface area contributed by atoms with E-state index >= 15 is 0 Å². The van der Waals surface area contributed by atoms with Crippen LogP contribution in [0.4, 0.5) is 0 Å². The molecule has 1 aromatic heterocycles. The zero-order valence-corrected chi connectivity index (χ0v) is 14.9. The van der Waals surface area contributed by atoms with Gasteiger partial charge in [-0.3, -0.25) is 4.79 Å². The lowest BCUT2D eigenvalue weighted by Gasteiger charge is -2.20. The Bertz CT molecular complexity index is 762. The number of esters is 1. The number of carbonyl (C=O) groups is 1. The fourth-order valence-corrected chi connectivity index (χ4v) is 2.05. The average Bonchev–Trinajstić information content (AvgIpc) is 2.60. The van der Waals surface area contributed by atoms with E-state index in [0.717, 1.165) is 11.8 Å². The molecule has 0 radical (unpaired) electrons. The monoisotopic (exact) mass is 348 g/mol. The smallest absolute Gasteiger partial charge is 0.339 e. The second-order valence-electron chi connectivity index (χ2n) is 6.26. The molecule has 6 nitrogen and oxygen atoms in total. The van der Waals surface area contributed by atoms with Crippen LogP contribution in [0.15, 0.2) is 39.5 Å². The fraction of sp³-hybridized carbons (Fsp3) is 0.474. The lowest BCUT2D eigenvalue weighted by atomic mass is 9.91. The summed E-state index contributed by atoms with van der Waals surface area (Å²) in [4.78, 5) is 23.3. The molecule has 0 N–H and O–H groups in total. The van der Waals surface area contributed by atoms with Gasteiger partial charge in [-0.15, -0.1) is 0 Å². The van der Waals surface area contributed by atoms with Gasteiger partial charge in [-0.05, 0) is 32.4 Å². The zero-order chi connectivity index (χ0) is 18.3. The maximum absolute atomic E-state index is 11.8. The second-order valence-corrected chi connectivity index (χ2v) is 6.26. The van der Waals surface area contributed by atoms with Gasteiger partial charge in [0.1, 0.15) is 24.5 Å². The van der Waals surface area contributed by atoms with Gasteiger partial charge in [0.25, 0.3) is 0 Å². The standard InChI is InChI=1S/C19H24O6/c1-4-19(2,3)18(21)24-12-10-22-9-11-23-16-13-17(20)25-15-8-6-5-7-14(15)16/h5-8,13H,4,9-12H2,1-3H3. The summed E-state index contributed by atoms with van der Waals surface area (Å²) in [6.45, 7) is 6.76. The van der Waals surface area contributed by atoms with E-state index < -0.39 is 11.0 Å². The average molecular weight is 348 g/mol. The van der Waals surface area contributed by atoms with Crippen LogP contribution in [-0.4, -0.2) is 32.4 Å². The number of benzene rings is 1. The summed E-state index contributed by atoms with van der Waals surface area (Å²) in [6, 6.07) is 8.49. The second kappa shape index (κ2) is 8.67. The predicted octanol–water partition coefficient (Wildman–Crippen LogP) is 3.17. The number of para-hydroxylation sites is 1. The summed E-state index contributed by atoms with van der Waals surface area (Å²) in [5, 5.41) is 0.734. The van der Waals surface area contributed by atoms with Crippen LogP contribution in [0.1, 0.15) is 27.2 Å². The molecular formula is C19H24O6. The number of ether oxygens (including phenoxy) is 3. The molecule has 0 saturated carbocycles.